The molecule has 3 heterocycles. The van der Waals surface area contributed by atoms with Crippen LogP contribution in [0.2, 0.25) is 0 Å². The van der Waals surface area contributed by atoms with Crippen LogP contribution in [-0.4, -0.2) is 70.3 Å². The van der Waals surface area contributed by atoms with Gasteiger partial charge in [-0.25, -0.2) is 9.29 Å². The van der Waals surface area contributed by atoms with Gasteiger partial charge in [-0.15, -0.1) is 0 Å². The number of aromatic nitrogens is 3. The summed E-state index contributed by atoms with van der Waals surface area (Å²) in [5.74, 6) is -1.58. The standard InChI is InChI=1S/C25H34N6O5S/c1-30-21(12-15-28-30)24(33)29-19(16-18-8-3-2-4-9-18)25(34)31(20-10-7-13-26-17-22(20)32)37(35,36)23-11-5-6-14-27-23/h5-6,11-12,14-15,18-20,26H,2-4,7-10,13,16-17H2,1H3,(H,29,33)/t19-,20-/m0/s1. The van der Waals surface area contributed by atoms with Gasteiger partial charge in [0.15, 0.2) is 10.8 Å². The number of sulfonamides is 1. The Bertz CT molecular complexity index is 1210. The molecule has 0 radical (unpaired) electrons. The van der Waals surface area contributed by atoms with Gasteiger partial charge in [0.25, 0.3) is 21.8 Å². The summed E-state index contributed by atoms with van der Waals surface area (Å²) in [6.07, 6.45) is 8.74. The van der Waals surface area contributed by atoms with Crippen molar-refractivity contribution in [2.75, 3.05) is 13.1 Å². The van der Waals surface area contributed by atoms with E-state index in [9.17, 15) is 22.8 Å². The van der Waals surface area contributed by atoms with Crippen LogP contribution in [0.4, 0.5) is 0 Å². The van der Waals surface area contributed by atoms with Gasteiger partial charge < -0.3 is 10.6 Å². The van der Waals surface area contributed by atoms with Gasteiger partial charge in [0.2, 0.25) is 0 Å². The SMILES string of the molecule is Cn1nccc1C(=O)N[C@@H](CC1CCCCC1)C(=O)N([C@H]1CCCNCC1=O)S(=O)(=O)c1ccccn1. The number of amides is 2. The average molecular weight is 531 g/mol. The number of hydrogen-bond acceptors (Lipinski definition) is 8. The van der Waals surface area contributed by atoms with Crippen molar-refractivity contribution in [2.24, 2.45) is 13.0 Å². The summed E-state index contributed by atoms with van der Waals surface area (Å²) < 4.78 is 29.8. The second-order valence-electron chi connectivity index (χ2n) is 9.71. The molecule has 2 amide bonds. The molecule has 1 aliphatic carbocycles. The van der Waals surface area contributed by atoms with Gasteiger partial charge >= 0.3 is 0 Å². The first-order valence-corrected chi connectivity index (χ1v) is 14.2. The van der Waals surface area contributed by atoms with E-state index in [0.29, 0.717) is 17.3 Å². The van der Waals surface area contributed by atoms with Gasteiger partial charge in [-0.3, -0.25) is 19.1 Å². The lowest BCUT2D eigenvalue weighted by Gasteiger charge is -2.34. The van der Waals surface area contributed by atoms with E-state index in [1.54, 1.807) is 13.1 Å². The minimum atomic E-state index is -4.48. The van der Waals surface area contributed by atoms with Crippen LogP contribution in [-0.2, 0) is 26.7 Å². The molecule has 2 fully saturated rings. The number of Topliss-reactive ketones (excluding diaryl/α,β-unsaturated/α-hetero) is 1. The minimum Gasteiger partial charge on any atom is -0.339 e. The number of carbonyl (C=O) groups excluding carboxylic acids is 3. The Morgan fingerprint density at radius 2 is 1.92 bits per heavy atom. The van der Waals surface area contributed by atoms with Gasteiger partial charge in [-0.05, 0) is 49.9 Å². The second-order valence-corrected chi connectivity index (χ2v) is 11.5. The number of aryl methyl sites for hydroxylation is 1. The summed E-state index contributed by atoms with van der Waals surface area (Å²) in [4.78, 5) is 44.4. The van der Waals surface area contributed by atoms with Crippen molar-refractivity contribution in [3.8, 4) is 0 Å². The zero-order valence-corrected chi connectivity index (χ0v) is 21.8. The highest BCUT2D eigenvalue weighted by Crippen LogP contribution is 2.29. The maximum absolute atomic E-state index is 14.2. The molecule has 4 rings (SSSR count). The third-order valence-electron chi connectivity index (χ3n) is 7.11. The number of rotatable bonds is 8. The summed E-state index contributed by atoms with van der Waals surface area (Å²) in [6.45, 7) is 0.498. The van der Waals surface area contributed by atoms with Gasteiger partial charge in [0.1, 0.15) is 17.8 Å². The number of nitrogens with zero attached hydrogens (tertiary/aromatic N) is 4. The lowest BCUT2D eigenvalue weighted by atomic mass is 9.84. The summed E-state index contributed by atoms with van der Waals surface area (Å²) >= 11 is 0. The first-order chi connectivity index (χ1) is 17.8. The third kappa shape index (κ3) is 6.24. The van der Waals surface area contributed by atoms with E-state index >= 15 is 0 Å². The summed E-state index contributed by atoms with van der Waals surface area (Å²) in [6, 6.07) is 3.61. The van der Waals surface area contributed by atoms with Crippen LogP contribution in [0.1, 0.15) is 61.9 Å². The lowest BCUT2D eigenvalue weighted by Crippen LogP contribution is -2.57. The Labute approximate surface area is 217 Å². The fourth-order valence-corrected chi connectivity index (χ4v) is 6.73. The maximum atomic E-state index is 14.2. The molecule has 2 aromatic rings. The molecule has 1 saturated heterocycles. The monoisotopic (exact) mass is 530 g/mol. The quantitative estimate of drug-likeness (QED) is 0.522. The summed E-state index contributed by atoms with van der Waals surface area (Å²) in [5, 5.41) is 9.47. The highest BCUT2D eigenvalue weighted by Gasteiger charge is 2.44. The molecule has 1 saturated carbocycles. The van der Waals surface area contributed by atoms with Crippen LogP contribution in [0.25, 0.3) is 0 Å². The Morgan fingerprint density at radius 1 is 1.14 bits per heavy atom. The zero-order chi connectivity index (χ0) is 26.4. The molecular weight excluding hydrogens is 496 g/mol. The van der Waals surface area contributed by atoms with E-state index < -0.39 is 33.9 Å². The molecule has 2 aliphatic rings. The largest absolute Gasteiger partial charge is 0.339 e. The van der Waals surface area contributed by atoms with E-state index in [4.69, 9.17) is 0 Å². The van der Waals surface area contributed by atoms with E-state index in [2.05, 4.69) is 20.7 Å². The predicted octanol–water partition coefficient (Wildman–Crippen LogP) is 1.42. The van der Waals surface area contributed by atoms with E-state index in [-0.39, 0.29) is 41.8 Å². The fraction of sp³-hybridized carbons (Fsp3) is 0.560. The Kier molecular flexibility index (Phi) is 8.70. The normalized spacial score (nSPS) is 20.1. The molecule has 1 aliphatic heterocycles. The van der Waals surface area contributed by atoms with Crippen LogP contribution in [0.15, 0.2) is 41.7 Å². The number of hydrogen-bond donors (Lipinski definition) is 2. The van der Waals surface area contributed by atoms with E-state index in [1.807, 2.05) is 0 Å². The van der Waals surface area contributed by atoms with Crippen molar-refractivity contribution in [3.05, 3.63) is 42.4 Å². The van der Waals surface area contributed by atoms with Crippen LogP contribution in [0.3, 0.4) is 0 Å². The van der Waals surface area contributed by atoms with Crippen molar-refractivity contribution in [3.63, 3.8) is 0 Å². The van der Waals surface area contributed by atoms with Crippen molar-refractivity contribution >= 4 is 27.6 Å². The molecular formula is C25H34N6O5S. The summed E-state index contributed by atoms with van der Waals surface area (Å²) in [5.41, 5.74) is 0.246. The molecule has 2 atom stereocenters. The highest BCUT2D eigenvalue weighted by molar-refractivity contribution is 7.89. The van der Waals surface area contributed by atoms with Crippen LogP contribution in [0.5, 0.6) is 0 Å². The first kappa shape index (κ1) is 26.9. The smallest absolute Gasteiger partial charge is 0.284 e. The fourth-order valence-electron chi connectivity index (χ4n) is 5.16. The minimum absolute atomic E-state index is 0.0408. The van der Waals surface area contributed by atoms with Gasteiger partial charge in [-0.1, -0.05) is 38.2 Å². The van der Waals surface area contributed by atoms with Crippen LogP contribution < -0.4 is 10.6 Å². The van der Waals surface area contributed by atoms with Crippen molar-refractivity contribution in [2.45, 2.75) is 68.5 Å². The van der Waals surface area contributed by atoms with Crippen LogP contribution >= 0.6 is 0 Å². The third-order valence-corrected chi connectivity index (χ3v) is 8.84. The van der Waals surface area contributed by atoms with Crippen molar-refractivity contribution in [1.29, 1.82) is 0 Å². The van der Waals surface area contributed by atoms with Gasteiger partial charge in [0, 0.05) is 19.4 Å². The number of carbonyl (C=O) groups is 3. The Balaban J connectivity index is 1.73. The lowest BCUT2D eigenvalue weighted by molar-refractivity contribution is -0.135. The average Bonchev–Trinajstić information content (AvgIpc) is 3.23. The maximum Gasteiger partial charge on any atom is 0.284 e. The molecule has 0 spiro atoms. The predicted molar refractivity (Wildman–Crippen MR) is 135 cm³/mol. The zero-order valence-electron chi connectivity index (χ0n) is 21.0. The molecule has 37 heavy (non-hydrogen) atoms. The Morgan fingerprint density at radius 3 is 2.59 bits per heavy atom. The number of pyridine rings is 1. The number of nitrogens with one attached hydrogen (secondary N) is 2. The molecule has 11 nitrogen and oxygen atoms in total. The topological polar surface area (TPSA) is 143 Å². The summed E-state index contributed by atoms with van der Waals surface area (Å²) in [7, 11) is -2.86. The second kappa shape index (κ2) is 12.0. The molecule has 0 bridgehead atoms. The van der Waals surface area contributed by atoms with E-state index in [0.717, 1.165) is 32.1 Å². The molecule has 2 aromatic heterocycles. The van der Waals surface area contributed by atoms with E-state index in [1.165, 1.54) is 35.3 Å². The molecule has 2 N–H and O–H groups in total. The molecule has 0 unspecified atom stereocenters. The molecule has 200 valence electrons. The van der Waals surface area contributed by atoms with Crippen molar-refractivity contribution < 1.29 is 22.8 Å². The Hall–Kier alpha value is -3.12. The molecule has 12 heteroatoms. The van der Waals surface area contributed by atoms with Crippen LogP contribution in [0, 0.1) is 5.92 Å². The number of ketones is 1. The molecule has 0 aromatic carbocycles. The van der Waals surface area contributed by atoms with Gasteiger partial charge in [-0.2, -0.15) is 13.5 Å². The highest BCUT2D eigenvalue weighted by atomic mass is 32.2. The van der Waals surface area contributed by atoms with Gasteiger partial charge in [0.05, 0.1) is 6.54 Å². The van der Waals surface area contributed by atoms with Crippen molar-refractivity contribution in [1.82, 2.24) is 29.7 Å². The first-order valence-electron chi connectivity index (χ1n) is 12.8.